The molecule has 0 saturated heterocycles. The summed E-state index contributed by atoms with van der Waals surface area (Å²) in [5, 5.41) is 0.463. The number of nitrogens with zero attached hydrogens (tertiary/aromatic N) is 2. The van der Waals surface area contributed by atoms with Crippen molar-refractivity contribution in [2.45, 2.75) is 13.1 Å². The maximum Gasteiger partial charge on any atom is 0.420 e. The van der Waals surface area contributed by atoms with Crippen LogP contribution in [0, 0.1) is 0 Å². The quantitative estimate of drug-likeness (QED) is 0.687. The molecule has 0 aliphatic carbocycles. The zero-order valence-corrected chi connectivity index (χ0v) is 15.4. The Labute approximate surface area is 159 Å². The monoisotopic (exact) mass is 388 g/mol. The molecule has 7 nitrogen and oxygen atoms in total. The van der Waals surface area contributed by atoms with E-state index in [-0.39, 0.29) is 12.5 Å². The van der Waals surface area contributed by atoms with Gasteiger partial charge in [-0.2, -0.15) is 0 Å². The van der Waals surface area contributed by atoms with Gasteiger partial charge in [0, 0.05) is 24.7 Å². The number of fused-ring (bicyclic) bond motifs is 2. The molecule has 2 heterocycles. The molecule has 0 atom stereocenters. The van der Waals surface area contributed by atoms with E-state index >= 15 is 0 Å². The first-order chi connectivity index (χ1) is 13.0. The second-order valence-electron chi connectivity index (χ2n) is 6.29. The number of halogens is 1. The lowest BCUT2D eigenvalue weighted by molar-refractivity contribution is -0.131. The van der Waals surface area contributed by atoms with Crippen LogP contribution in [0.15, 0.2) is 45.6 Å². The third-order valence-electron chi connectivity index (χ3n) is 4.38. The number of rotatable bonds is 4. The van der Waals surface area contributed by atoms with E-state index in [0.29, 0.717) is 47.4 Å². The molecule has 0 bridgehead atoms. The van der Waals surface area contributed by atoms with Crippen LogP contribution < -0.4 is 15.2 Å². The first-order valence-electron chi connectivity index (χ1n) is 8.42. The number of oxazole rings is 1. The summed E-state index contributed by atoms with van der Waals surface area (Å²) < 4.78 is 17.5. The molecular formula is C19H17ClN2O5. The van der Waals surface area contributed by atoms with Gasteiger partial charge in [0.2, 0.25) is 5.91 Å². The second kappa shape index (κ2) is 7.00. The van der Waals surface area contributed by atoms with E-state index < -0.39 is 5.76 Å². The molecule has 1 aliphatic rings. The van der Waals surface area contributed by atoms with E-state index in [2.05, 4.69) is 0 Å². The minimum atomic E-state index is -0.589. The zero-order valence-electron chi connectivity index (χ0n) is 14.6. The normalized spacial score (nSPS) is 13.0. The van der Waals surface area contributed by atoms with Crippen molar-refractivity contribution in [2.24, 2.45) is 0 Å². The van der Waals surface area contributed by atoms with Crippen LogP contribution in [0.4, 0.5) is 0 Å². The maximum atomic E-state index is 12.6. The lowest BCUT2D eigenvalue weighted by Gasteiger charge is -2.21. The van der Waals surface area contributed by atoms with Crippen LogP contribution in [0.5, 0.6) is 11.5 Å². The molecule has 2 aromatic carbocycles. The van der Waals surface area contributed by atoms with Crippen molar-refractivity contribution < 1.29 is 18.7 Å². The molecule has 0 N–H and O–H groups in total. The Hall–Kier alpha value is -2.93. The van der Waals surface area contributed by atoms with Gasteiger partial charge in [-0.05, 0) is 29.8 Å². The number of hydrogen-bond donors (Lipinski definition) is 0. The fourth-order valence-electron chi connectivity index (χ4n) is 2.99. The Balaban J connectivity index is 1.50. The third-order valence-corrected chi connectivity index (χ3v) is 4.61. The van der Waals surface area contributed by atoms with Crippen molar-refractivity contribution >= 4 is 28.6 Å². The molecule has 1 amide bonds. The van der Waals surface area contributed by atoms with Crippen LogP contribution in [0.3, 0.4) is 0 Å². The summed E-state index contributed by atoms with van der Waals surface area (Å²) in [5.74, 6) is 0.570. The predicted octanol–water partition coefficient (Wildman–Crippen LogP) is 2.68. The molecule has 0 saturated carbocycles. The van der Waals surface area contributed by atoms with Crippen molar-refractivity contribution in [1.82, 2.24) is 9.47 Å². The van der Waals surface area contributed by atoms with Gasteiger partial charge in [-0.1, -0.05) is 17.7 Å². The van der Waals surface area contributed by atoms with E-state index in [4.69, 9.17) is 25.5 Å². The Morgan fingerprint density at radius 2 is 1.93 bits per heavy atom. The summed E-state index contributed by atoms with van der Waals surface area (Å²) in [6.07, 6.45) is 0. The lowest BCUT2D eigenvalue weighted by atomic mass is 10.2. The van der Waals surface area contributed by atoms with Crippen LogP contribution in [0.25, 0.3) is 11.1 Å². The van der Waals surface area contributed by atoms with Crippen LogP contribution >= 0.6 is 11.6 Å². The fourth-order valence-corrected chi connectivity index (χ4v) is 3.16. The molecule has 0 radical (unpaired) electrons. The number of carbonyl (C=O) groups is 1. The highest BCUT2D eigenvalue weighted by molar-refractivity contribution is 6.31. The molecule has 140 valence electrons. The lowest BCUT2D eigenvalue weighted by Crippen LogP contribution is -2.32. The van der Waals surface area contributed by atoms with Crippen LogP contribution in [-0.4, -0.2) is 35.6 Å². The number of aromatic nitrogens is 1. The zero-order chi connectivity index (χ0) is 19.0. The average molecular weight is 389 g/mol. The Bertz CT molecular complexity index is 1070. The van der Waals surface area contributed by atoms with Crippen LogP contribution in [0.2, 0.25) is 5.02 Å². The SMILES string of the molecule is CN(Cc1ccc2c(c1)OCCO2)C(=O)Cn1c(=O)oc2cc(Cl)ccc21. The molecular weight excluding hydrogens is 372 g/mol. The number of likely N-dealkylation sites (N-methyl/N-ethyl adjacent to an activating group) is 1. The molecule has 8 heteroatoms. The van der Waals surface area contributed by atoms with E-state index in [1.165, 1.54) is 4.57 Å². The topological polar surface area (TPSA) is 73.9 Å². The summed E-state index contributed by atoms with van der Waals surface area (Å²) in [5.41, 5.74) is 1.80. The molecule has 0 fully saturated rings. The number of amides is 1. The van der Waals surface area contributed by atoms with Gasteiger partial charge in [0.05, 0.1) is 5.52 Å². The maximum absolute atomic E-state index is 12.6. The highest BCUT2D eigenvalue weighted by Gasteiger charge is 2.17. The second-order valence-corrected chi connectivity index (χ2v) is 6.73. The summed E-state index contributed by atoms with van der Waals surface area (Å²) in [4.78, 5) is 26.2. The van der Waals surface area contributed by atoms with E-state index in [1.54, 1.807) is 30.1 Å². The first kappa shape index (κ1) is 17.5. The third kappa shape index (κ3) is 3.50. The van der Waals surface area contributed by atoms with Gasteiger partial charge in [0.25, 0.3) is 0 Å². The Kier molecular flexibility index (Phi) is 4.53. The first-order valence-corrected chi connectivity index (χ1v) is 8.80. The number of ether oxygens (including phenoxy) is 2. The molecule has 1 aromatic heterocycles. The van der Waals surface area contributed by atoms with Gasteiger partial charge in [0.1, 0.15) is 19.8 Å². The summed E-state index contributed by atoms with van der Waals surface area (Å²) in [6.45, 7) is 1.30. The molecule has 1 aliphatic heterocycles. The average Bonchev–Trinajstić information content (AvgIpc) is 2.96. The van der Waals surface area contributed by atoms with Gasteiger partial charge in [-0.25, -0.2) is 4.79 Å². The number of hydrogen-bond acceptors (Lipinski definition) is 5. The van der Waals surface area contributed by atoms with Gasteiger partial charge >= 0.3 is 5.76 Å². The van der Waals surface area contributed by atoms with Gasteiger partial charge in [-0.3, -0.25) is 9.36 Å². The standard InChI is InChI=1S/C19H17ClN2O5/c1-21(10-12-2-5-15-17(8-12)26-7-6-25-15)18(23)11-22-14-4-3-13(20)9-16(14)27-19(22)24/h2-5,8-9H,6-7,10-11H2,1H3. The van der Waals surface area contributed by atoms with Gasteiger partial charge in [-0.15, -0.1) is 0 Å². The Morgan fingerprint density at radius 3 is 2.74 bits per heavy atom. The Morgan fingerprint density at radius 1 is 1.15 bits per heavy atom. The van der Waals surface area contributed by atoms with Gasteiger partial charge < -0.3 is 18.8 Å². The smallest absolute Gasteiger partial charge is 0.420 e. The van der Waals surface area contributed by atoms with E-state index in [1.807, 2.05) is 18.2 Å². The highest BCUT2D eigenvalue weighted by atomic mass is 35.5. The van der Waals surface area contributed by atoms with Crippen molar-refractivity contribution in [1.29, 1.82) is 0 Å². The molecule has 0 spiro atoms. The molecule has 3 aromatic rings. The van der Waals surface area contributed by atoms with Gasteiger partial charge in [0.15, 0.2) is 17.1 Å². The molecule has 27 heavy (non-hydrogen) atoms. The molecule has 4 rings (SSSR count). The minimum absolute atomic E-state index is 0.117. The predicted molar refractivity (Wildman–Crippen MR) is 99.4 cm³/mol. The summed E-state index contributed by atoms with van der Waals surface area (Å²) in [7, 11) is 1.68. The summed E-state index contributed by atoms with van der Waals surface area (Å²) >= 11 is 5.91. The fraction of sp³-hybridized carbons (Fsp3) is 0.263. The van der Waals surface area contributed by atoms with Crippen molar-refractivity contribution in [3.05, 3.63) is 57.5 Å². The summed E-state index contributed by atoms with van der Waals surface area (Å²) in [6, 6.07) is 10.5. The van der Waals surface area contributed by atoms with Crippen molar-refractivity contribution in [3.8, 4) is 11.5 Å². The van der Waals surface area contributed by atoms with Crippen molar-refractivity contribution in [3.63, 3.8) is 0 Å². The van der Waals surface area contributed by atoms with E-state index in [0.717, 1.165) is 5.56 Å². The number of benzene rings is 2. The minimum Gasteiger partial charge on any atom is -0.486 e. The number of carbonyl (C=O) groups excluding carboxylic acids is 1. The van der Waals surface area contributed by atoms with Crippen LogP contribution in [-0.2, 0) is 17.9 Å². The van der Waals surface area contributed by atoms with Crippen molar-refractivity contribution in [2.75, 3.05) is 20.3 Å². The van der Waals surface area contributed by atoms with Crippen LogP contribution in [0.1, 0.15) is 5.56 Å². The van der Waals surface area contributed by atoms with E-state index in [9.17, 15) is 9.59 Å². The largest absolute Gasteiger partial charge is 0.486 e. The highest BCUT2D eigenvalue weighted by Crippen LogP contribution is 2.31. The molecule has 0 unspecified atom stereocenters.